The molecule has 0 aliphatic heterocycles. The van der Waals surface area contributed by atoms with Crippen molar-refractivity contribution in [1.29, 1.82) is 0 Å². The van der Waals surface area contributed by atoms with E-state index < -0.39 is 21.7 Å². The fourth-order valence-corrected chi connectivity index (χ4v) is 3.60. The fraction of sp³-hybridized carbons (Fsp3) is 0.400. The molecule has 0 bridgehead atoms. The first-order chi connectivity index (χ1) is 13.9. The van der Waals surface area contributed by atoms with Crippen molar-refractivity contribution >= 4 is 27.7 Å². The van der Waals surface area contributed by atoms with Crippen LogP contribution in [0.2, 0.25) is 0 Å². The molecule has 1 aromatic heterocycles. The summed E-state index contributed by atoms with van der Waals surface area (Å²) in [6, 6.07) is 9.47. The predicted molar refractivity (Wildman–Crippen MR) is 114 cm³/mol. The van der Waals surface area contributed by atoms with Crippen LogP contribution in [-0.2, 0) is 21.8 Å². The van der Waals surface area contributed by atoms with Crippen LogP contribution >= 0.6 is 0 Å². The third kappa shape index (κ3) is 6.60. The number of anilines is 1. The molecule has 9 nitrogen and oxygen atoms in total. The molecule has 0 aliphatic carbocycles. The van der Waals surface area contributed by atoms with Crippen LogP contribution in [0.25, 0.3) is 0 Å². The average Bonchev–Trinajstić information content (AvgIpc) is 2.97. The molecule has 0 fully saturated rings. The second-order valence-corrected chi connectivity index (χ2v) is 9.49. The number of sulfonamides is 1. The summed E-state index contributed by atoms with van der Waals surface area (Å²) < 4.78 is 34.2. The van der Waals surface area contributed by atoms with Crippen LogP contribution in [0.5, 0.6) is 0 Å². The summed E-state index contributed by atoms with van der Waals surface area (Å²) in [5.74, 6) is -0.338. The van der Waals surface area contributed by atoms with Gasteiger partial charge in [0.05, 0.1) is 4.90 Å². The zero-order chi connectivity index (χ0) is 22.5. The number of nitrogens with zero attached hydrogens (tertiary/aromatic N) is 1. The van der Waals surface area contributed by atoms with Crippen molar-refractivity contribution in [3.63, 3.8) is 0 Å². The molecule has 0 saturated heterocycles. The Morgan fingerprint density at radius 2 is 1.80 bits per heavy atom. The molecular weight excluding hydrogens is 408 g/mol. The molecular formula is C20H28N4O5S. The Morgan fingerprint density at radius 1 is 1.10 bits per heavy atom. The lowest BCUT2D eigenvalue weighted by Gasteiger charge is -2.19. The van der Waals surface area contributed by atoms with Crippen LogP contribution in [0, 0.1) is 6.92 Å². The van der Waals surface area contributed by atoms with Gasteiger partial charge in [0, 0.05) is 31.5 Å². The van der Waals surface area contributed by atoms with Crippen molar-refractivity contribution in [2.75, 3.05) is 18.4 Å². The number of aryl methyl sites for hydroxylation is 1. The fourth-order valence-electron chi connectivity index (χ4n) is 2.52. The summed E-state index contributed by atoms with van der Waals surface area (Å²) in [7, 11) is -2.04. The van der Waals surface area contributed by atoms with Crippen LogP contribution in [0.1, 0.15) is 37.0 Å². The second-order valence-electron chi connectivity index (χ2n) is 7.73. The van der Waals surface area contributed by atoms with Gasteiger partial charge in [0.1, 0.15) is 11.3 Å². The zero-order valence-electron chi connectivity index (χ0n) is 17.8. The van der Waals surface area contributed by atoms with Gasteiger partial charge in [-0.25, -0.2) is 17.9 Å². The molecule has 10 heteroatoms. The van der Waals surface area contributed by atoms with Gasteiger partial charge in [0.15, 0.2) is 0 Å². The number of hydrogen-bond acceptors (Lipinski definition) is 5. The summed E-state index contributed by atoms with van der Waals surface area (Å²) in [6.45, 7) is 7.14. The molecule has 2 amide bonds. The van der Waals surface area contributed by atoms with E-state index >= 15 is 0 Å². The summed E-state index contributed by atoms with van der Waals surface area (Å²) in [5, 5.41) is 5.18. The van der Waals surface area contributed by atoms with Crippen molar-refractivity contribution in [3.8, 4) is 0 Å². The molecule has 0 saturated carbocycles. The maximum atomic E-state index is 12.5. The Labute approximate surface area is 176 Å². The van der Waals surface area contributed by atoms with E-state index in [9.17, 15) is 18.0 Å². The molecule has 0 aliphatic rings. The predicted octanol–water partition coefficient (Wildman–Crippen LogP) is 2.39. The maximum absolute atomic E-state index is 12.5. The van der Waals surface area contributed by atoms with Gasteiger partial charge in [-0.3, -0.25) is 4.79 Å². The number of hydrogen-bond donors (Lipinski definition) is 3. The van der Waals surface area contributed by atoms with Crippen LogP contribution in [0.3, 0.4) is 0 Å². The van der Waals surface area contributed by atoms with E-state index in [0.29, 0.717) is 11.4 Å². The van der Waals surface area contributed by atoms with Gasteiger partial charge in [-0.15, -0.1) is 0 Å². The molecule has 0 radical (unpaired) electrons. The van der Waals surface area contributed by atoms with Crippen molar-refractivity contribution in [2.45, 2.75) is 38.2 Å². The van der Waals surface area contributed by atoms with E-state index in [0.717, 1.165) is 5.69 Å². The highest BCUT2D eigenvalue weighted by Crippen LogP contribution is 2.17. The molecule has 1 aromatic carbocycles. The number of alkyl carbamates (subject to hydrolysis) is 1. The van der Waals surface area contributed by atoms with Crippen LogP contribution in [0.4, 0.5) is 10.5 Å². The highest BCUT2D eigenvalue weighted by Gasteiger charge is 2.18. The number of nitrogens with one attached hydrogen (secondary N) is 3. The number of benzene rings is 1. The number of carbonyl (C=O) groups is 2. The van der Waals surface area contributed by atoms with Gasteiger partial charge in [-0.2, -0.15) is 0 Å². The maximum Gasteiger partial charge on any atom is 0.407 e. The van der Waals surface area contributed by atoms with E-state index in [4.69, 9.17) is 4.74 Å². The first kappa shape index (κ1) is 23.4. The lowest BCUT2D eigenvalue weighted by atomic mass is 10.2. The Morgan fingerprint density at radius 3 is 2.40 bits per heavy atom. The average molecular weight is 437 g/mol. The number of amides is 2. The molecule has 30 heavy (non-hydrogen) atoms. The highest BCUT2D eigenvalue weighted by molar-refractivity contribution is 7.89. The van der Waals surface area contributed by atoms with Gasteiger partial charge in [-0.05, 0) is 58.0 Å². The number of aromatic nitrogens is 1. The number of carbonyl (C=O) groups excluding carboxylic acids is 2. The van der Waals surface area contributed by atoms with Crippen LogP contribution in [-0.4, -0.2) is 43.7 Å². The van der Waals surface area contributed by atoms with Crippen LogP contribution in [0.15, 0.2) is 41.3 Å². The van der Waals surface area contributed by atoms with Crippen molar-refractivity contribution in [2.24, 2.45) is 7.05 Å². The number of ether oxygens (including phenoxy) is 1. The summed E-state index contributed by atoms with van der Waals surface area (Å²) in [5.41, 5.74) is 1.12. The minimum absolute atomic E-state index is 0.000583. The van der Waals surface area contributed by atoms with E-state index in [1.165, 1.54) is 12.1 Å². The molecule has 0 atom stereocenters. The molecule has 0 spiro atoms. The van der Waals surface area contributed by atoms with E-state index in [1.807, 2.05) is 13.0 Å². The second kappa shape index (κ2) is 9.31. The zero-order valence-corrected chi connectivity index (χ0v) is 18.6. The first-order valence-electron chi connectivity index (χ1n) is 9.39. The third-order valence-electron chi connectivity index (χ3n) is 4.09. The van der Waals surface area contributed by atoms with Crippen molar-refractivity contribution in [1.82, 2.24) is 14.6 Å². The highest BCUT2D eigenvalue weighted by atomic mass is 32.2. The SMILES string of the molecule is Cc1ccc(C(=O)Nc2cccc(S(=O)(=O)NCCNC(=O)OC(C)(C)C)c2)n1C. The van der Waals surface area contributed by atoms with Crippen molar-refractivity contribution < 1.29 is 22.7 Å². The first-order valence-corrected chi connectivity index (χ1v) is 10.9. The standard InChI is InChI=1S/C20H28N4O5S/c1-14-9-10-17(24(14)5)18(25)23-15-7-6-8-16(13-15)30(27,28)22-12-11-21-19(26)29-20(2,3)4/h6-10,13,22H,11-12H2,1-5H3,(H,21,26)(H,23,25). The lowest BCUT2D eigenvalue weighted by molar-refractivity contribution is 0.0528. The summed E-state index contributed by atoms with van der Waals surface area (Å²) in [4.78, 5) is 24.0. The normalized spacial score (nSPS) is 11.8. The Balaban J connectivity index is 1.96. The van der Waals surface area contributed by atoms with Crippen molar-refractivity contribution in [3.05, 3.63) is 47.8 Å². The van der Waals surface area contributed by atoms with Gasteiger partial charge >= 0.3 is 6.09 Å². The lowest BCUT2D eigenvalue weighted by Crippen LogP contribution is -2.37. The molecule has 3 N–H and O–H groups in total. The largest absolute Gasteiger partial charge is 0.444 e. The number of rotatable bonds is 7. The molecule has 2 aromatic rings. The van der Waals surface area contributed by atoms with E-state index in [2.05, 4.69) is 15.4 Å². The van der Waals surface area contributed by atoms with Gasteiger partial charge < -0.3 is 19.9 Å². The Kier molecular flexibility index (Phi) is 7.27. The van der Waals surface area contributed by atoms with E-state index in [-0.39, 0.29) is 23.9 Å². The molecule has 164 valence electrons. The van der Waals surface area contributed by atoms with E-state index in [1.54, 1.807) is 50.6 Å². The quantitative estimate of drug-likeness (QED) is 0.576. The van der Waals surface area contributed by atoms with Gasteiger partial charge in [0.2, 0.25) is 10.0 Å². The summed E-state index contributed by atoms with van der Waals surface area (Å²) in [6.07, 6.45) is -0.623. The van der Waals surface area contributed by atoms with Crippen LogP contribution < -0.4 is 15.4 Å². The monoisotopic (exact) mass is 436 g/mol. The Hall–Kier alpha value is -2.85. The minimum Gasteiger partial charge on any atom is -0.444 e. The topological polar surface area (TPSA) is 119 Å². The minimum atomic E-state index is -3.82. The molecule has 1 heterocycles. The molecule has 2 rings (SSSR count). The van der Waals surface area contributed by atoms with Gasteiger partial charge in [0.25, 0.3) is 5.91 Å². The summed E-state index contributed by atoms with van der Waals surface area (Å²) >= 11 is 0. The third-order valence-corrected chi connectivity index (χ3v) is 5.55. The smallest absolute Gasteiger partial charge is 0.407 e. The van der Waals surface area contributed by atoms with Gasteiger partial charge in [-0.1, -0.05) is 6.07 Å². The Bertz CT molecular complexity index is 1020. The molecule has 0 unspecified atom stereocenters.